The largest absolute Gasteiger partial charge is 0.497 e. The Hall–Kier alpha value is -3.37. The van der Waals surface area contributed by atoms with Gasteiger partial charge in [0.2, 0.25) is 17.7 Å². The van der Waals surface area contributed by atoms with E-state index in [0.29, 0.717) is 33.5 Å². The summed E-state index contributed by atoms with van der Waals surface area (Å²) in [6.07, 6.45) is 0.265. The molecular formula is C23H23ClN6O3S. The molecule has 4 rings (SSSR count). The van der Waals surface area contributed by atoms with Gasteiger partial charge in [0.1, 0.15) is 5.75 Å². The highest BCUT2D eigenvalue weighted by molar-refractivity contribution is 7.98. The van der Waals surface area contributed by atoms with Crippen LogP contribution in [0.5, 0.6) is 5.75 Å². The van der Waals surface area contributed by atoms with Gasteiger partial charge in [0.15, 0.2) is 11.0 Å². The molecule has 0 bridgehead atoms. The van der Waals surface area contributed by atoms with E-state index in [4.69, 9.17) is 20.8 Å². The Morgan fingerprint density at radius 3 is 2.56 bits per heavy atom. The zero-order chi connectivity index (χ0) is 24.1. The smallest absolute Gasteiger partial charge is 0.247 e. The lowest BCUT2D eigenvalue weighted by atomic mass is 10.1. The molecule has 2 heterocycles. The highest BCUT2D eigenvalue weighted by atomic mass is 35.5. The van der Waals surface area contributed by atoms with Crippen LogP contribution in [0.15, 0.2) is 58.1 Å². The van der Waals surface area contributed by atoms with Crippen LogP contribution in [0.25, 0.3) is 11.5 Å². The van der Waals surface area contributed by atoms with Crippen molar-refractivity contribution >= 4 is 29.3 Å². The number of hydrogen-bond donors (Lipinski definition) is 1. The molecule has 11 heteroatoms. The van der Waals surface area contributed by atoms with Crippen molar-refractivity contribution in [1.29, 1.82) is 0 Å². The van der Waals surface area contributed by atoms with Crippen molar-refractivity contribution in [3.63, 3.8) is 0 Å². The fraction of sp³-hybridized carbons (Fsp3) is 0.261. The molecule has 1 N–H and O–H groups in total. The van der Waals surface area contributed by atoms with Crippen LogP contribution in [0.1, 0.15) is 30.2 Å². The number of thioether (sulfide) groups is 1. The summed E-state index contributed by atoms with van der Waals surface area (Å²) < 4.78 is 12.7. The summed E-state index contributed by atoms with van der Waals surface area (Å²) in [6.45, 7) is 1.88. The number of rotatable bonds is 9. The van der Waals surface area contributed by atoms with Gasteiger partial charge in [-0.15, -0.1) is 20.4 Å². The third-order valence-corrected chi connectivity index (χ3v) is 6.30. The monoisotopic (exact) mass is 498 g/mol. The second-order valence-corrected chi connectivity index (χ2v) is 8.89. The number of nitrogens with one attached hydrogen (secondary N) is 1. The lowest BCUT2D eigenvalue weighted by Gasteiger charge is -2.13. The van der Waals surface area contributed by atoms with Crippen molar-refractivity contribution in [2.45, 2.75) is 30.3 Å². The molecule has 2 aromatic heterocycles. The van der Waals surface area contributed by atoms with Crippen molar-refractivity contribution in [3.8, 4) is 17.2 Å². The first-order chi connectivity index (χ1) is 16.4. The molecular weight excluding hydrogens is 476 g/mol. The Balaban J connectivity index is 1.33. The van der Waals surface area contributed by atoms with E-state index in [0.717, 1.165) is 16.9 Å². The van der Waals surface area contributed by atoms with E-state index >= 15 is 0 Å². The SMILES string of the molecule is COc1ccc(CC(=O)N[C@@H](C)c2nnc(SCc3nnc(-c4ccc(Cl)cc4)o3)n2C)cc1. The number of halogens is 1. The predicted octanol–water partition coefficient (Wildman–Crippen LogP) is 4.24. The van der Waals surface area contributed by atoms with Gasteiger partial charge in [0.25, 0.3) is 0 Å². The van der Waals surface area contributed by atoms with Gasteiger partial charge in [-0.25, -0.2) is 0 Å². The maximum absolute atomic E-state index is 12.5. The number of amides is 1. The number of benzene rings is 2. The Morgan fingerprint density at radius 2 is 1.85 bits per heavy atom. The molecule has 0 aliphatic rings. The molecule has 0 aliphatic heterocycles. The molecule has 0 radical (unpaired) electrons. The molecule has 0 saturated carbocycles. The third-order valence-electron chi connectivity index (χ3n) is 5.04. The molecule has 0 unspecified atom stereocenters. The standard InChI is InChI=1S/C23H23ClN6O3S/c1-14(25-19(31)12-15-4-10-18(32-3)11-5-15)21-27-29-23(30(21)2)34-13-20-26-28-22(33-20)16-6-8-17(24)9-7-16/h4-11,14H,12-13H2,1-3H3,(H,25,31)/t14-/m0/s1. The van der Waals surface area contributed by atoms with E-state index in [1.807, 2.05) is 54.9 Å². The second-order valence-electron chi connectivity index (χ2n) is 7.51. The number of hydrogen-bond acceptors (Lipinski definition) is 8. The normalized spacial score (nSPS) is 11.9. The van der Waals surface area contributed by atoms with Gasteiger partial charge < -0.3 is 19.0 Å². The minimum Gasteiger partial charge on any atom is -0.497 e. The molecule has 1 amide bonds. The van der Waals surface area contributed by atoms with Crippen LogP contribution in [0, 0.1) is 0 Å². The second kappa shape index (κ2) is 10.7. The first-order valence-electron chi connectivity index (χ1n) is 10.5. The lowest BCUT2D eigenvalue weighted by molar-refractivity contribution is -0.121. The van der Waals surface area contributed by atoms with Gasteiger partial charge in [-0.3, -0.25) is 4.79 Å². The Kier molecular flexibility index (Phi) is 7.49. The van der Waals surface area contributed by atoms with E-state index in [1.165, 1.54) is 11.8 Å². The van der Waals surface area contributed by atoms with Gasteiger partial charge in [-0.2, -0.15) is 0 Å². The number of carbonyl (C=O) groups excluding carboxylic acids is 1. The molecule has 0 aliphatic carbocycles. The van der Waals surface area contributed by atoms with Crippen molar-refractivity contribution < 1.29 is 13.9 Å². The van der Waals surface area contributed by atoms with Crippen molar-refractivity contribution in [2.75, 3.05) is 7.11 Å². The van der Waals surface area contributed by atoms with Gasteiger partial charge >= 0.3 is 0 Å². The average molecular weight is 499 g/mol. The highest BCUT2D eigenvalue weighted by Gasteiger charge is 2.19. The topological polar surface area (TPSA) is 108 Å². The number of nitrogens with zero attached hydrogens (tertiary/aromatic N) is 5. The first-order valence-corrected chi connectivity index (χ1v) is 11.8. The van der Waals surface area contributed by atoms with Gasteiger partial charge in [-0.05, 0) is 48.9 Å². The molecule has 9 nitrogen and oxygen atoms in total. The Labute approximate surface area is 205 Å². The van der Waals surface area contributed by atoms with Crippen molar-refractivity contribution in [3.05, 3.63) is 70.8 Å². The third kappa shape index (κ3) is 5.75. The summed E-state index contributed by atoms with van der Waals surface area (Å²) in [5.74, 6) is 2.64. The van der Waals surface area contributed by atoms with E-state index < -0.39 is 0 Å². The van der Waals surface area contributed by atoms with Gasteiger partial charge in [0, 0.05) is 17.6 Å². The van der Waals surface area contributed by atoms with Crippen LogP contribution in [0.2, 0.25) is 5.02 Å². The summed E-state index contributed by atoms with van der Waals surface area (Å²) in [4.78, 5) is 12.5. The quantitative estimate of drug-likeness (QED) is 0.341. The van der Waals surface area contributed by atoms with Crippen molar-refractivity contribution in [2.24, 2.45) is 7.05 Å². The van der Waals surface area contributed by atoms with Crippen LogP contribution >= 0.6 is 23.4 Å². The van der Waals surface area contributed by atoms with Gasteiger partial charge in [-0.1, -0.05) is 35.5 Å². The molecule has 0 spiro atoms. The molecule has 176 valence electrons. The van der Waals surface area contributed by atoms with Crippen LogP contribution in [-0.4, -0.2) is 38.0 Å². The predicted molar refractivity (Wildman–Crippen MR) is 129 cm³/mol. The summed E-state index contributed by atoms with van der Waals surface area (Å²) >= 11 is 7.34. The Bertz CT molecular complexity index is 1260. The molecule has 0 saturated heterocycles. The number of ether oxygens (including phenoxy) is 1. The van der Waals surface area contributed by atoms with Crippen LogP contribution < -0.4 is 10.1 Å². The molecule has 0 fully saturated rings. The first kappa shape index (κ1) is 23.8. The van der Waals surface area contributed by atoms with Crippen LogP contribution in [0.3, 0.4) is 0 Å². The average Bonchev–Trinajstić information content (AvgIpc) is 3.45. The minimum atomic E-state index is -0.308. The maximum Gasteiger partial charge on any atom is 0.247 e. The number of aromatic nitrogens is 5. The summed E-state index contributed by atoms with van der Waals surface area (Å²) in [7, 11) is 3.47. The molecule has 1 atom stereocenters. The number of methoxy groups -OCH3 is 1. The zero-order valence-electron chi connectivity index (χ0n) is 18.9. The summed E-state index contributed by atoms with van der Waals surface area (Å²) in [5, 5.41) is 21.0. The molecule has 4 aromatic rings. The zero-order valence-corrected chi connectivity index (χ0v) is 20.4. The summed E-state index contributed by atoms with van der Waals surface area (Å²) in [5.41, 5.74) is 1.70. The van der Waals surface area contributed by atoms with E-state index in [-0.39, 0.29) is 18.4 Å². The van der Waals surface area contributed by atoms with E-state index in [1.54, 1.807) is 19.2 Å². The van der Waals surface area contributed by atoms with Crippen LogP contribution in [0.4, 0.5) is 0 Å². The fourth-order valence-electron chi connectivity index (χ4n) is 3.26. The Morgan fingerprint density at radius 1 is 1.12 bits per heavy atom. The summed E-state index contributed by atoms with van der Waals surface area (Å²) in [6, 6.07) is 14.3. The highest BCUT2D eigenvalue weighted by Crippen LogP contribution is 2.25. The minimum absolute atomic E-state index is 0.101. The van der Waals surface area contributed by atoms with Crippen LogP contribution in [-0.2, 0) is 24.0 Å². The maximum atomic E-state index is 12.5. The van der Waals surface area contributed by atoms with Gasteiger partial charge in [0.05, 0.1) is 25.3 Å². The molecule has 34 heavy (non-hydrogen) atoms. The molecule has 2 aromatic carbocycles. The lowest BCUT2D eigenvalue weighted by Crippen LogP contribution is -2.29. The van der Waals surface area contributed by atoms with E-state index in [2.05, 4.69) is 25.7 Å². The number of carbonyl (C=O) groups is 1. The van der Waals surface area contributed by atoms with E-state index in [9.17, 15) is 4.79 Å². The fourth-order valence-corrected chi connectivity index (χ4v) is 4.14. The van der Waals surface area contributed by atoms with Crippen molar-refractivity contribution in [1.82, 2.24) is 30.3 Å².